The number of hydrogen-bond acceptors (Lipinski definition) is 3. The van der Waals surface area contributed by atoms with Crippen molar-refractivity contribution in [2.45, 2.75) is 143 Å². The van der Waals surface area contributed by atoms with Gasteiger partial charge in [-0.3, -0.25) is 4.79 Å². The topological polar surface area (TPSA) is 46.5 Å². The summed E-state index contributed by atoms with van der Waals surface area (Å²) in [6, 6.07) is 0. The maximum Gasteiger partial charge on any atom is 0.305 e. The highest BCUT2D eigenvalue weighted by Crippen LogP contribution is 2.16. The van der Waals surface area contributed by atoms with Gasteiger partial charge >= 0.3 is 5.97 Å². The maximum atomic E-state index is 11.7. The Labute approximate surface area is 182 Å². The second-order valence-electron chi connectivity index (χ2n) is 9.74. The number of ether oxygens (including phenoxy) is 1. The maximum absolute atomic E-state index is 11.7. The van der Waals surface area contributed by atoms with E-state index in [-0.39, 0.29) is 18.0 Å². The number of hydrogen-bond donors (Lipinski definition) is 1. The Morgan fingerprint density at radius 3 is 1.34 bits per heavy atom. The van der Waals surface area contributed by atoms with Crippen LogP contribution in [0.25, 0.3) is 0 Å². The molecular formula is C26H52O3. The van der Waals surface area contributed by atoms with E-state index in [1.54, 1.807) is 0 Å². The van der Waals surface area contributed by atoms with Gasteiger partial charge in [-0.25, -0.2) is 0 Å². The van der Waals surface area contributed by atoms with E-state index in [9.17, 15) is 4.79 Å². The second-order valence-corrected chi connectivity index (χ2v) is 9.74. The zero-order valence-corrected chi connectivity index (χ0v) is 20.1. The molecule has 0 aromatic rings. The predicted octanol–water partition coefficient (Wildman–Crippen LogP) is 7.98. The van der Waals surface area contributed by atoms with Gasteiger partial charge in [-0.2, -0.15) is 0 Å². The van der Waals surface area contributed by atoms with Gasteiger partial charge in [0.25, 0.3) is 0 Å². The normalized spacial score (nSPS) is 11.7. The number of esters is 1. The van der Waals surface area contributed by atoms with Crippen molar-refractivity contribution < 1.29 is 14.6 Å². The summed E-state index contributed by atoms with van der Waals surface area (Å²) in [6.07, 6.45) is 24.9. The first-order valence-corrected chi connectivity index (χ1v) is 12.8. The molecule has 0 aliphatic carbocycles. The van der Waals surface area contributed by atoms with Crippen LogP contribution in [-0.2, 0) is 9.53 Å². The lowest BCUT2D eigenvalue weighted by molar-refractivity contribution is -0.147. The van der Waals surface area contributed by atoms with Crippen LogP contribution in [0, 0.1) is 5.41 Å². The summed E-state index contributed by atoms with van der Waals surface area (Å²) in [4.78, 5) is 11.7. The van der Waals surface area contributed by atoms with E-state index in [2.05, 4.69) is 6.92 Å². The van der Waals surface area contributed by atoms with Gasteiger partial charge in [-0.15, -0.1) is 0 Å². The molecule has 3 heteroatoms. The van der Waals surface area contributed by atoms with Crippen LogP contribution in [0.15, 0.2) is 0 Å². The van der Waals surface area contributed by atoms with Crippen LogP contribution in [0.3, 0.4) is 0 Å². The van der Waals surface area contributed by atoms with Gasteiger partial charge in [0.1, 0.15) is 0 Å². The third-order valence-corrected chi connectivity index (χ3v) is 5.79. The molecule has 174 valence electrons. The van der Waals surface area contributed by atoms with Gasteiger partial charge in [0.2, 0.25) is 0 Å². The summed E-state index contributed by atoms with van der Waals surface area (Å²) in [5, 5.41) is 9.15. The molecule has 0 aromatic heterocycles. The Morgan fingerprint density at radius 1 is 0.655 bits per heavy atom. The van der Waals surface area contributed by atoms with Gasteiger partial charge in [0, 0.05) is 11.8 Å². The highest BCUT2D eigenvalue weighted by atomic mass is 16.5. The Kier molecular flexibility index (Phi) is 20.3. The molecule has 0 saturated heterocycles. The van der Waals surface area contributed by atoms with E-state index in [0.29, 0.717) is 13.0 Å². The lowest BCUT2D eigenvalue weighted by Gasteiger charge is -2.20. The van der Waals surface area contributed by atoms with Crippen molar-refractivity contribution in [3.05, 3.63) is 0 Å². The molecule has 0 saturated carbocycles. The largest absolute Gasteiger partial charge is 0.465 e. The molecule has 0 heterocycles. The minimum Gasteiger partial charge on any atom is -0.465 e. The molecule has 0 amide bonds. The smallest absolute Gasteiger partial charge is 0.305 e. The Bertz CT molecular complexity index is 352. The van der Waals surface area contributed by atoms with E-state index in [1.165, 1.54) is 103 Å². The average Bonchev–Trinajstić information content (AvgIpc) is 2.71. The third kappa shape index (κ3) is 21.9. The van der Waals surface area contributed by atoms with Crippen LogP contribution < -0.4 is 0 Å². The molecule has 0 aromatic carbocycles. The number of carbonyl (C=O) groups is 1. The molecule has 0 bridgehead atoms. The van der Waals surface area contributed by atoms with Gasteiger partial charge in [-0.05, 0) is 6.42 Å². The Morgan fingerprint density at radius 2 is 1.00 bits per heavy atom. The van der Waals surface area contributed by atoms with Crippen LogP contribution >= 0.6 is 0 Å². The van der Waals surface area contributed by atoms with E-state index in [1.807, 2.05) is 13.8 Å². The van der Waals surface area contributed by atoms with E-state index >= 15 is 0 Å². The minimum atomic E-state index is -0.330. The quantitative estimate of drug-likeness (QED) is 0.145. The predicted molar refractivity (Wildman–Crippen MR) is 125 cm³/mol. The van der Waals surface area contributed by atoms with Crippen molar-refractivity contribution in [1.82, 2.24) is 0 Å². The second kappa shape index (κ2) is 20.7. The highest BCUT2D eigenvalue weighted by Gasteiger charge is 2.18. The van der Waals surface area contributed by atoms with Crippen LogP contribution in [-0.4, -0.2) is 24.3 Å². The van der Waals surface area contributed by atoms with E-state index in [4.69, 9.17) is 9.84 Å². The molecule has 0 atom stereocenters. The number of aliphatic hydroxyl groups excluding tert-OH is 1. The van der Waals surface area contributed by atoms with Crippen molar-refractivity contribution in [3.63, 3.8) is 0 Å². The van der Waals surface area contributed by atoms with Crippen molar-refractivity contribution in [1.29, 1.82) is 0 Å². The molecule has 0 aliphatic rings. The van der Waals surface area contributed by atoms with Crippen LogP contribution in [0.2, 0.25) is 0 Å². The first kappa shape index (κ1) is 28.4. The summed E-state index contributed by atoms with van der Waals surface area (Å²) in [5.74, 6) is -0.122. The molecule has 0 radical (unpaired) electrons. The lowest BCUT2D eigenvalue weighted by atomic mass is 9.96. The molecule has 3 nitrogen and oxygen atoms in total. The summed E-state index contributed by atoms with van der Waals surface area (Å²) in [6.45, 7) is 6.43. The number of aliphatic hydroxyl groups is 1. The summed E-state index contributed by atoms with van der Waals surface area (Å²) in [5.41, 5.74) is -0.330. The highest BCUT2D eigenvalue weighted by molar-refractivity contribution is 5.69. The Balaban J connectivity index is 3.18. The first-order valence-electron chi connectivity index (χ1n) is 12.8. The average molecular weight is 413 g/mol. The fourth-order valence-electron chi connectivity index (χ4n) is 3.56. The third-order valence-electron chi connectivity index (χ3n) is 5.79. The van der Waals surface area contributed by atoms with Gasteiger partial charge in [-0.1, -0.05) is 130 Å². The molecule has 0 rings (SSSR count). The molecule has 1 N–H and O–H groups in total. The van der Waals surface area contributed by atoms with Crippen molar-refractivity contribution in [3.8, 4) is 0 Å². The van der Waals surface area contributed by atoms with E-state index < -0.39 is 0 Å². The fraction of sp³-hybridized carbons (Fsp3) is 0.962. The zero-order valence-electron chi connectivity index (χ0n) is 20.1. The van der Waals surface area contributed by atoms with Crippen molar-refractivity contribution >= 4 is 5.97 Å². The van der Waals surface area contributed by atoms with E-state index in [0.717, 1.165) is 12.8 Å². The molecule has 29 heavy (non-hydrogen) atoms. The monoisotopic (exact) mass is 412 g/mol. The standard InChI is InChI=1S/C26H52O3/c1-4-5-6-7-8-9-10-11-12-13-14-15-16-17-18-19-20-21-22-25(28)29-24-26(2,3)23-27/h27H,4-24H2,1-3H3. The lowest BCUT2D eigenvalue weighted by Crippen LogP contribution is -2.25. The summed E-state index contributed by atoms with van der Waals surface area (Å²) >= 11 is 0. The molecule has 0 spiro atoms. The zero-order chi connectivity index (χ0) is 21.6. The van der Waals surface area contributed by atoms with Crippen molar-refractivity contribution in [2.75, 3.05) is 13.2 Å². The summed E-state index contributed by atoms with van der Waals surface area (Å²) < 4.78 is 5.23. The number of carbonyl (C=O) groups excluding carboxylic acids is 1. The van der Waals surface area contributed by atoms with Gasteiger partial charge in [0.05, 0.1) is 13.2 Å². The van der Waals surface area contributed by atoms with Gasteiger partial charge < -0.3 is 9.84 Å². The van der Waals surface area contributed by atoms with Crippen molar-refractivity contribution in [2.24, 2.45) is 5.41 Å². The Hall–Kier alpha value is -0.570. The van der Waals surface area contributed by atoms with Crippen LogP contribution in [0.1, 0.15) is 143 Å². The SMILES string of the molecule is CCCCCCCCCCCCCCCCCCCCC(=O)OCC(C)(C)CO. The molecule has 0 unspecified atom stereocenters. The molecule has 0 fully saturated rings. The van der Waals surface area contributed by atoms with Crippen LogP contribution in [0.5, 0.6) is 0 Å². The number of unbranched alkanes of at least 4 members (excludes halogenated alkanes) is 17. The molecular weight excluding hydrogens is 360 g/mol. The summed E-state index contributed by atoms with van der Waals surface area (Å²) in [7, 11) is 0. The fourth-order valence-corrected chi connectivity index (χ4v) is 3.56. The van der Waals surface area contributed by atoms with Gasteiger partial charge in [0.15, 0.2) is 0 Å². The van der Waals surface area contributed by atoms with Crippen LogP contribution in [0.4, 0.5) is 0 Å². The minimum absolute atomic E-state index is 0.0411. The first-order chi connectivity index (χ1) is 14.0. The molecule has 0 aliphatic heterocycles. The number of rotatable bonds is 22.